The highest BCUT2D eigenvalue weighted by Crippen LogP contribution is 2.28. The lowest BCUT2D eigenvalue weighted by molar-refractivity contribution is -0.137. The monoisotopic (exact) mass is 397 g/mol. The molecule has 2 aromatic rings. The van der Waals surface area contributed by atoms with Gasteiger partial charge < -0.3 is 15.1 Å². The number of carbonyl (C=O) groups excluding carboxylic acids is 3. The zero-order valence-corrected chi connectivity index (χ0v) is 16.7. The van der Waals surface area contributed by atoms with E-state index in [1.165, 1.54) is 29.0 Å². The molecule has 6 nitrogen and oxygen atoms in total. The molecule has 1 heterocycles. The van der Waals surface area contributed by atoms with Crippen molar-refractivity contribution in [2.24, 2.45) is 5.92 Å². The molecule has 1 fully saturated rings. The van der Waals surface area contributed by atoms with Gasteiger partial charge in [-0.15, -0.1) is 0 Å². The normalized spacial score (nSPS) is 16.1. The Kier molecular flexibility index (Phi) is 5.96. The smallest absolute Gasteiger partial charge is 0.243 e. The van der Waals surface area contributed by atoms with Gasteiger partial charge in [0.25, 0.3) is 0 Å². The van der Waals surface area contributed by atoms with Crippen LogP contribution in [0.1, 0.15) is 17.5 Å². The van der Waals surface area contributed by atoms with Crippen molar-refractivity contribution in [3.8, 4) is 0 Å². The molecule has 0 radical (unpaired) electrons. The fraction of sp³-hybridized carbons (Fsp3) is 0.318. The first-order valence-corrected chi connectivity index (χ1v) is 9.44. The number of nitrogens with one attached hydrogen (secondary N) is 1. The van der Waals surface area contributed by atoms with Crippen LogP contribution in [-0.2, 0) is 14.4 Å². The van der Waals surface area contributed by atoms with E-state index >= 15 is 0 Å². The van der Waals surface area contributed by atoms with Crippen molar-refractivity contribution in [3.63, 3.8) is 0 Å². The minimum absolute atomic E-state index is 0.00394. The summed E-state index contributed by atoms with van der Waals surface area (Å²) >= 11 is 0. The van der Waals surface area contributed by atoms with Gasteiger partial charge in [0.1, 0.15) is 5.82 Å². The summed E-state index contributed by atoms with van der Waals surface area (Å²) in [5, 5.41) is 2.85. The second kappa shape index (κ2) is 8.43. The number of carbonyl (C=O) groups is 3. The Morgan fingerprint density at radius 1 is 1.14 bits per heavy atom. The van der Waals surface area contributed by atoms with Gasteiger partial charge in [-0.3, -0.25) is 14.4 Å². The third-order valence-corrected chi connectivity index (χ3v) is 5.12. The predicted molar refractivity (Wildman–Crippen MR) is 109 cm³/mol. The van der Waals surface area contributed by atoms with Crippen LogP contribution in [-0.4, -0.2) is 42.8 Å². The van der Waals surface area contributed by atoms with E-state index < -0.39 is 11.7 Å². The standard InChI is InChI=1S/C22H24FN3O3/c1-14-7-6-8-15(2)21(14)24-19(27)13-25(3)22(29)16-11-20(28)26(12-16)18-10-5-4-9-17(18)23/h4-10,16H,11-13H2,1-3H3,(H,24,27). The summed E-state index contributed by atoms with van der Waals surface area (Å²) in [7, 11) is 1.53. The number of amides is 3. The summed E-state index contributed by atoms with van der Waals surface area (Å²) < 4.78 is 14.0. The molecular weight excluding hydrogens is 373 g/mol. The second-order valence-corrected chi connectivity index (χ2v) is 7.37. The van der Waals surface area contributed by atoms with Crippen molar-refractivity contribution in [1.82, 2.24) is 4.90 Å². The highest BCUT2D eigenvalue weighted by molar-refractivity contribution is 6.01. The van der Waals surface area contributed by atoms with Crippen molar-refractivity contribution in [1.29, 1.82) is 0 Å². The van der Waals surface area contributed by atoms with Crippen LogP contribution in [0.5, 0.6) is 0 Å². The average Bonchev–Trinajstić information content (AvgIpc) is 3.06. The first-order valence-electron chi connectivity index (χ1n) is 9.44. The van der Waals surface area contributed by atoms with Crippen LogP contribution in [0.4, 0.5) is 15.8 Å². The predicted octanol–water partition coefficient (Wildman–Crippen LogP) is 2.89. The Morgan fingerprint density at radius 2 is 1.79 bits per heavy atom. The van der Waals surface area contributed by atoms with Gasteiger partial charge in [-0.2, -0.15) is 0 Å². The van der Waals surface area contributed by atoms with Crippen LogP contribution in [0.15, 0.2) is 42.5 Å². The minimum atomic E-state index is -0.611. The van der Waals surface area contributed by atoms with Gasteiger partial charge in [0, 0.05) is 25.7 Å². The molecule has 0 spiro atoms. The molecule has 0 aromatic heterocycles. The van der Waals surface area contributed by atoms with Crippen LogP contribution >= 0.6 is 0 Å². The van der Waals surface area contributed by atoms with Gasteiger partial charge in [-0.05, 0) is 37.1 Å². The maximum atomic E-state index is 14.0. The fourth-order valence-electron chi connectivity index (χ4n) is 3.57. The van der Waals surface area contributed by atoms with E-state index in [1.54, 1.807) is 12.1 Å². The molecule has 1 aliphatic rings. The number of anilines is 2. The third kappa shape index (κ3) is 4.45. The van der Waals surface area contributed by atoms with Crippen molar-refractivity contribution in [2.75, 3.05) is 30.4 Å². The summed E-state index contributed by atoms with van der Waals surface area (Å²) in [5.41, 5.74) is 2.78. The number of hydrogen-bond acceptors (Lipinski definition) is 3. The van der Waals surface area contributed by atoms with Crippen LogP contribution in [0.3, 0.4) is 0 Å². The van der Waals surface area contributed by atoms with Gasteiger partial charge in [-0.1, -0.05) is 30.3 Å². The van der Waals surface area contributed by atoms with Crippen LogP contribution in [0.25, 0.3) is 0 Å². The van der Waals surface area contributed by atoms with E-state index in [2.05, 4.69) is 5.32 Å². The SMILES string of the molecule is Cc1cccc(C)c1NC(=O)CN(C)C(=O)C1CC(=O)N(c2ccccc2F)C1. The minimum Gasteiger partial charge on any atom is -0.336 e. The summed E-state index contributed by atoms with van der Waals surface area (Å²) in [5.74, 6) is -2.04. The van der Waals surface area contributed by atoms with Crippen molar-refractivity contribution >= 4 is 29.1 Å². The Balaban J connectivity index is 1.62. The number of aryl methyl sites for hydroxylation is 2. The Bertz CT molecular complexity index is 940. The molecule has 29 heavy (non-hydrogen) atoms. The van der Waals surface area contributed by atoms with E-state index in [0.29, 0.717) is 0 Å². The lowest BCUT2D eigenvalue weighted by Gasteiger charge is -2.22. The van der Waals surface area contributed by atoms with Crippen molar-refractivity contribution in [2.45, 2.75) is 20.3 Å². The molecule has 0 bridgehead atoms. The Hall–Kier alpha value is -3.22. The van der Waals surface area contributed by atoms with Gasteiger partial charge in [0.15, 0.2) is 0 Å². The van der Waals surface area contributed by atoms with E-state index in [0.717, 1.165) is 16.8 Å². The fourth-order valence-corrected chi connectivity index (χ4v) is 3.57. The maximum Gasteiger partial charge on any atom is 0.243 e. The van der Waals surface area contributed by atoms with Crippen molar-refractivity contribution < 1.29 is 18.8 Å². The second-order valence-electron chi connectivity index (χ2n) is 7.37. The largest absolute Gasteiger partial charge is 0.336 e. The molecule has 0 aliphatic carbocycles. The number of likely N-dealkylation sites (N-methyl/N-ethyl adjacent to an activating group) is 1. The van der Waals surface area contributed by atoms with Gasteiger partial charge in [0.2, 0.25) is 17.7 Å². The maximum absolute atomic E-state index is 14.0. The number of halogens is 1. The molecule has 3 amide bonds. The first-order chi connectivity index (χ1) is 13.8. The van der Waals surface area contributed by atoms with E-state index in [-0.39, 0.29) is 42.9 Å². The molecule has 3 rings (SSSR count). The van der Waals surface area contributed by atoms with Crippen molar-refractivity contribution in [3.05, 3.63) is 59.4 Å². The quantitative estimate of drug-likeness (QED) is 0.844. The van der Waals surface area contributed by atoms with Crippen LogP contribution in [0, 0.1) is 25.6 Å². The first kappa shape index (κ1) is 20.5. The summed E-state index contributed by atoms with van der Waals surface area (Å²) in [6, 6.07) is 11.7. The highest BCUT2D eigenvalue weighted by Gasteiger charge is 2.37. The topological polar surface area (TPSA) is 69.7 Å². The lowest BCUT2D eigenvalue weighted by atomic mass is 10.1. The van der Waals surface area contributed by atoms with Gasteiger partial charge in [-0.25, -0.2) is 4.39 Å². The van der Waals surface area contributed by atoms with E-state index in [1.807, 2.05) is 32.0 Å². The average molecular weight is 397 g/mol. The molecule has 1 N–H and O–H groups in total. The Morgan fingerprint density at radius 3 is 2.45 bits per heavy atom. The molecule has 1 saturated heterocycles. The Labute approximate surface area is 169 Å². The molecule has 7 heteroatoms. The summed E-state index contributed by atoms with van der Waals surface area (Å²) in [6.45, 7) is 3.77. The number of para-hydroxylation sites is 2. The summed E-state index contributed by atoms with van der Waals surface area (Å²) in [4.78, 5) is 40.1. The lowest BCUT2D eigenvalue weighted by Crippen LogP contribution is -2.39. The highest BCUT2D eigenvalue weighted by atomic mass is 19.1. The molecular formula is C22H24FN3O3. The molecule has 1 unspecified atom stereocenters. The van der Waals surface area contributed by atoms with E-state index in [9.17, 15) is 18.8 Å². The zero-order chi connectivity index (χ0) is 21.1. The van der Waals surface area contributed by atoms with Gasteiger partial charge in [0.05, 0.1) is 18.2 Å². The molecule has 1 atom stereocenters. The summed E-state index contributed by atoms with van der Waals surface area (Å²) in [6.07, 6.45) is -0.00394. The molecule has 1 aliphatic heterocycles. The molecule has 152 valence electrons. The van der Waals surface area contributed by atoms with Crippen LogP contribution < -0.4 is 10.2 Å². The zero-order valence-electron chi connectivity index (χ0n) is 16.7. The number of hydrogen-bond donors (Lipinski definition) is 1. The molecule has 0 saturated carbocycles. The molecule has 2 aromatic carbocycles. The van der Waals surface area contributed by atoms with E-state index in [4.69, 9.17) is 0 Å². The number of nitrogens with zero attached hydrogens (tertiary/aromatic N) is 2. The van der Waals surface area contributed by atoms with Crippen LogP contribution in [0.2, 0.25) is 0 Å². The number of rotatable bonds is 5. The third-order valence-electron chi connectivity index (χ3n) is 5.12. The van der Waals surface area contributed by atoms with Gasteiger partial charge >= 0.3 is 0 Å². The number of benzene rings is 2.